The minimum Gasteiger partial charge on any atom is -0.390 e. The van der Waals surface area contributed by atoms with Crippen LogP contribution in [0.1, 0.15) is 5.69 Å². The number of aliphatic hydroxyl groups excluding tert-OH is 1. The van der Waals surface area contributed by atoms with Crippen LogP contribution in [0.2, 0.25) is 0 Å². The quantitative estimate of drug-likeness (QED) is 0.671. The van der Waals surface area contributed by atoms with Gasteiger partial charge in [0.1, 0.15) is 11.8 Å². The highest BCUT2D eigenvalue weighted by atomic mass is 16.3. The van der Waals surface area contributed by atoms with Crippen LogP contribution in [0.25, 0.3) is 11.2 Å². The molecule has 14 heavy (non-hydrogen) atoms. The molecular weight excluding hydrogens is 180 g/mol. The van der Waals surface area contributed by atoms with Crippen molar-refractivity contribution in [3.05, 3.63) is 18.3 Å². The van der Waals surface area contributed by atoms with Crippen molar-refractivity contribution in [2.45, 2.75) is 13.2 Å². The lowest BCUT2D eigenvalue weighted by Gasteiger charge is -1.98. The highest BCUT2D eigenvalue weighted by molar-refractivity contribution is 5.72. The molecule has 0 radical (unpaired) electrons. The Morgan fingerprint density at radius 3 is 3.00 bits per heavy atom. The maximum absolute atomic E-state index is 8.99. The molecule has 2 aromatic heterocycles. The molecule has 0 spiro atoms. The molecule has 0 unspecified atom stereocenters. The van der Waals surface area contributed by atoms with E-state index in [-0.39, 0.29) is 6.61 Å². The van der Waals surface area contributed by atoms with Gasteiger partial charge in [-0.05, 0) is 0 Å². The van der Waals surface area contributed by atoms with E-state index in [1.807, 2.05) is 0 Å². The predicted octanol–water partition coefficient (Wildman–Crippen LogP) is -0.0482. The van der Waals surface area contributed by atoms with Gasteiger partial charge < -0.3 is 9.67 Å². The summed E-state index contributed by atoms with van der Waals surface area (Å²) in [6.07, 6.45) is 8.18. The van der Waals surface area contributed by atoms with Gasteiger partial charge in [-0.2, -0.15) is 0 Å². The number of hydrogen-bond acceptors (Lipinski definition) is 4. The number of rotatable bonds is 2. The molecule has 1 N–H and O–H groups in total. The van der Waals surface area contributed by atoms with Crippen molar-refractivity contribution >= 4 is 11.2 Å². The fourth-order valence-electron chi connectivity index (χ4n) is 1.26. The first-order valence-electron chi connectivity index (χ1n) is 4.06. The minimum atomic E-state index is -0.147. The third-order valence-corrected chi connectivity index (χ3v) is 1.89. The first-order valence-corrected chi connectivity index (χ1v) is 4.06. The van der Waals surface area contributed by atoms with E-state index in [0.29, 0.717) is 23.4 Å². The van der Waals surface area contributed by atoms with E-state index in [1.165, 1.54) is 6.33 Å². The van der Waals surface area contributed by atoms with E-state index in [4.69, 9.17) is 11.5 Å². The molecule has 70 valence electrons. The van der Waals surface area contributed by atoms with Crippen LogP contribution in [0, 0.1) is 12.3 Å². The number of hydrogen-bond donors (Lipinski definition) is 1. The molecule has 0 aliphatic carbocycles. The number of terminal acetylenes is 1. The second-order valence-electron chi connectivity index (χ2n) is 2.73. The molecule has 2 aromatic rings. The summed E-state index contributed by atoms with van der Waals surface area (Å²) < 4.78 is 1.73. The van der Waals surface area contributed by atoms with Crippen molar-refractivity contribution in [3.63, 3.8) is 0 Å². The maximum atomic E-state index is 8.99. The van der Waals surface area contributed by atoms with E-state index in [1.54, 1.807) is 10.9 Å². The molecule has 0 fully saturated rings. The summed E-state index contributed by atoms with van der Waals surface area (Å²) in [5.41, 5.74) is 1.78. The van der Waals surface area contributed by atoms with Gasteiger partial charge in [-0.15, -0.1) is 6.42 Å². The molecule has 0 atom stereocenters. The molecule has 2 heterocycles. The summed E-state index contributed by atoms with van der Waals surface area (Å²) in [7, 11) is 0. The van der Waals surface area contributed by atoms with Crippen LogP contribution in [-0.2, 0) is 13.2 Å². The Balaban J connectivity index is 2.64. The van der Waals surface area contributed by atoms with Gasteiger partial charge >= 0.3 is 0 Å². The fraction of sp³-hybridized carbons (Fsp3) is 0.222. The first kappa shape index (κ1) is 8.66. The lowest BCUT2D eigenvalue weighted by molar-refractivity contribution is 0.278. The average molecular weight is 188 g/mol. The Morgan fingerprint density at radius 1 is 1.43 bits per heavy atom. The molecule has 0 saturated carbocycles. The number of imidazole rings is 1. The van der Waals surface area contributed by atoms with E-state index >= 15 is 0 Å². The summed E-state index contributed by atoms with van der Waals surface area (Å²) in [5, 5.41) is 8.99. The van der Waals surface area contributed by atoms with Gasteiger partial charge in [-0.25, -0.2) is 15.0 Å². The second-order valence-corrected chi connectivity index (χ2v) is 2.73. The Hall–Kier alpha value is -1.93. The van der Waals surface area contributed by atoms with Crippen molar-refractivity contribution < 1.29 is 5.11 Å². The van der Waals surface area contributed by atoms with E-state index in [0.717, 1.165) is 0 Å². The van der Waals surface area contributed by atoms with Gasteiger partial charge in [0.15, 0.2) is 5.65 Å². The SMILES string of the molecule is C#CCn1cnc2c(CO)ncnc21. The van der Waals surface area contributed by atoms with Crippen LogP contribution in [0.3, 0.4) is 0 Å². The Kier molecular flexibility index (Phi) is 2.13. The van der Waals surface area contributed by atoms with Crippen LogP contribution in [0.5, 0.6) is 0 Å². The standard InChI is InChI=1S/C9H8N4O/c1-2-3-13-6-12-8-7(4-14)10-5-11-9(8)13/h1,5-6,14H,3-4H2. The summed E-state index contributed by atoms with van der Waals surface area (Å²) in [6, 6.07) is 0. The summed E-state index contributed by atoms with van der Waals surface area (Å²) in [5.74, 6) is 2.50. The van der Waals surface area contributed by atoms with Gasteiger partial charge in [-0.3, -0.25) is 0 Å². The number of fused-ring (bicyclic) bond motifs is 1. The van der Waals surface area contributed by atoms with Crippen molar-refractivity contribution in [2.75, 3.05) is 0 Å². The number of aliphatic hydroxyl groups is 1. The lowest BCUT2D eigenvalue weighted by atomic mass is 10.4. The van der Waals surface area contributed by atoms with Crippen molar-refractivity contribution in [1.82, 2.24) is 19.5 Å². The third kappa shape index (κ3) is 1.22. The van der Waals surface area contributed by atoms with Crippen LogP contribution >= 0.6 is 0 Å². The zero-order chi connectivity index (χ0) is 9.97. The summed E-state index contributed by atoms with van der Waals surface area (Å²) in [6.45, 7) is 0.268. The maximum Gasteiger partial charge on any atom is 0.164 e. The Labute approximate surface area is 80.4 Å². The molecule has 0 aliphatic rings. The summed E-state index contributed by atoms with van der Waals surface area (Å²) >= 11 is 0. The van der Waals surface area contributed by atoms with Crippen LogP contribution in [0.4, 0.5) is 0 Å². The molecule has 0 aliphatic heterocycles. The largest absolute Gasteiger partial charge is 0.390 e. The summed E-state index contributed by atoms with van der Waals surface area (Å²) in [4.78, 5) is 12.1. The molecule has 2 rings (SSSR count). The average Bonchev–Trinajstić information content (AvgIpc) is 2.62. The van der Waals surface area contributed by atoms with Gasteiger partial charge in [0.25, 0.3) is 0 Å². The molecule has 0 bridgehead atoms. The van der Waals surface area contributed by atoms with Gasteiger partial charge in [0.05, 0.1) is 25.2 Å². The molecular formula is C9H8N4O. The fourth-order valence-corrected chi connectivity index (χ4v) is 1.26. The van der Waals surface area contributed by atoms with Crippen LogP contribution in [-0.4, -0.2) is 24.6 Å². The number of nitrogens with zero attached hydrogens (tertiary/aromatic N) is 4. The highest BCUT2D eigenvalue weighted by Gasteiger charge is 2.07. The molecule has 5 heteroatoms. The van der Waals surface area contributed by atoms with Crippen molar-refractivity contribution in [2.24, 2.45) is 0 Å². The molecule has 5 nitrogen and oxygen atoms in total. The topological polar surface area (TPSA) is 63.8 Å². The van der Waals surface area contributed by atoms with E-state index in [9.17, 15) is 0 Å². The smallest absolute Gasteiger partial charge is 0.164 e. The second kappa shape index (κ2) is 3.44. The number of aromatic nitrogens is 4. The van der Waals surface area contributed by atoms with Gasteiger partial charge in [0, 0.05) is 0 Å². The zero-order valence-electron chi connectivity index (χ0n) is 7.38. The third-order valence-electron chi connectivity index (χ3n) is 1.89. The van der Waals surface area contributed by atoms with Crippen LogP contribution < -0.4 is 0 Å². The minimum absolute atomic E-state index is 0.147. The lowest BCUT2D eigenvalue weighted by Crippen LogP contribution is -1.97. The Bertz CT molecular complexity index is 497. The van der Waals surface area contributed by atoms with Crippen molar-refractivity contribution in [1.29, 1.82) is 0 Å². The van der Waals surface area contributed by atoms with E-state index < -0.39 is 0 Å². The molecule has 0 amide bonds. The first-order chi connectivity index (χ1) is 6.86. The van der Waals surface area contributed by atoms with Crippen molar-refractivity contribution in [3.8, 4) is 12.3 Å². The monoisotopic (exact) mass is 188 g/mol. The highest BCUT2D eigenvalue weighted by Crippen LogP contribution is 2.12. The Morgan fingerprint density at radius 2 is 2.29 bits per heavy atom. The predicted molar refractivity (Wildman–Crippen MR) is 50.1 cm³/mol. The zero-order valence-corrected chi connectivity index (χ0v) is 7.38. The van der Waals surface area contributed by atoms with Gasteiger partial charge in [-0.1, -0.05) is 5.92 Å². The molecule has 0 saturated heterocycles. The van der Waals surface area contributed by atoms with Gasteiger partial charge in [0.2, 0.25) is 0 Å². The molecule has 0 aromatic carbocycles. The van der Waals surface area contributed by atoms with E-state index in [2.05, 4.69) is 20.9 Å². The van der Waals surface area contributed by atoms with Crippen LogP contribution in [0.15, 0.2) is 12.7 Å². The normalized spacial score (nSPS) is 10.3.